The number of hydrogen-bond donors (Lipinski definition) is 1. The lowest BCUT2D eigenvalue weighted by molar-refractivity contribution is -0.137. The Bertz CT molecular complexity index is 1390. The van der Waals surface area contributed by atoms with Crippen molar-refractivity contribution in [1.82, 2.24) is 0 Å². The molecule has 0 bridgehead atoms. The number of esters is 3. The number of hydrogen-bond acceptors (Lipinski definition) is 10. The molecule has 42 heavy (non-hydrogen) atoms. The lowest BCUT2D eigenvalue weighted by Crippen LogP contribution is -2.12. The van der Waals surface area contributed by atoms with Gasteiger partial charge in [-0.1, -0.05) is 13.2 Å². The molecular weight excluding hydrogens is 546 g/mol. The van der Waals surface area contributed by atoms with Crippen LogP contribution in [0.3, 0.4) is 0 Å². The van der Waals surface area contributed by atoms with Gasteiger partial charge in [0.1, 0.15) is 17.3 Å². The number of amides is 1. The van der Waals surface area contributed by atoms with Crippen LogP contribution in [0.25, 0.3) is 0 Å². The van der Waals surface area contributed by atoms with Crippen LogP contribution in [0.1, 0.15) is 46.4 Å². The minimum atomic E-state index is -0.905. The van der Waals surface area contributed by atoms with Crippen molar-refractivity contribution < 1.29 is 47.7 Å². The first-order valence-corrected chi connectivity index (χ1v) is 12.9. The van der Waals surface area contributed by atoms with Crippen molar-refractivity contribution in [3.63, 3.8) is 0 Å². The fraction of sp³-hybridized carbons (Fsp3) is 0.194. The van der Waals surface area contributed by atoms with Gasteiger partial charge in [0.15, 0.2) is 0 Å². The standard InChI is InChI=1S/C31H29NO10/c1-3-27(33)32-23-11-7-21(8-12-23)29(35)40-24-15-17-25(18-16-24)41-30(36)22-9-13-26(14-10-22)42-31(37)39-20-6-5-19-38-28(34)4-2/h3-4,7-15,17H,1-2,5-6,16,18-20H2,(H,32,33). The van der Waals surface area contributed by atoms with E-state index in [0.717, 1.165) is 12.2 Å². The van der Waals surface area contributed by atoms with Gasteiger partial charge in [-0.25, -0.2) is 19.2 Å². The number of rotatable bonds is 13. The summed E-state index contributed by atoms with van der Waals surface area (Å²) in [5.41, 5.74) is 1.05. The SMILES string of the molecule is C=CC(=O)Nc1ccc(C(=O)OC2=CC=C(OC(=O)c3ccc(OC(=O)OCCCCOC(=O)C=C)cc3)CC2)cc1. The second-order valence-electron chi connectivity index (χ2n) is 8.62. The molecule has 1 amide bonds. The summed E-state index contributed by atoms with van der Waals surface area (Å²) in [4.78, 5) is 59.1. The van der Waals surface area contributed by atoms with Crippen molar-refractivity contribution in [1.29, 1.82) is 0 Å². The van der Waals surface area contributed by atoms with Crippen LogP contribution in [0.15, 0.2) is 97.5 Å². The smallest absolute Gasteiger partial charge is 0.463 e. The maximum atomic E-state index is 12.5. The monoisotopic (exact) mass is 575 g/mol. The van der Waals surface area contributed by atoms with Crippen LogP contribution in [0.2, 0.25) is 0 Å². The summed E-state index contributed by atoms with van der Waals surface area (Å²) in [7, 11) is 0. The van der Waals surface area contributed by atoms with Gasteiger partial charge < -0.3 is 29.0 Å². The highest BCUT2D eigenvalue weighted by Crippen LogP contribution is 2.23. The molecule has 1 aliphatic rings. The lowest BCUT2D eigenvalue weighted by atomic mass is 10.1. The van der Waals surface area contributed by atoms with Gasteiger partial charge in [0, 0.05) is 24.6 Å². The fourth-order valence-electron chi connectivity index (χ4n) is 3.38. The summed E-state index contributed by atoms with van der Waals surface area (Å²) in [5.74, 6) is -1.06. The summed E-state index contributed by atoms with van der Waals surface area (Å²) in [5, 5.41) is 2.59. The van der Waals surface area contributed by atoms with Crippen LogP contribution < -0.4 is 10.1 Å². The average Bonchev–Trinajstić information content (AvgIpc) is 3.00. The molecule has 0 aliphatic heterocycles. The molecule has 11 nitrogen and oxygen atoms in total. The molecule has 0 fully saturated rings. The first-order valence-electron chi connectivity index (χ1n) is 12.9. The third-order valence-corrected chi connectivity index (χ3v) is 5.55. The number of benzene rings is 2. The minimum Gasteiger partial charge on any atom is -0.463 e. The number of nitrogens with one attached hydrogen (secondary N) is 1. The molecule has 0 aromatic heterocycles. The lowest BCUT2D eigenvalue weighted by Gasteiger charge is -2.15. The highest BCUT2D eigenvalue weighted by atomic mass is 16.7. The van der Waals surface area contributed by atoms with E-state index in [1.807, 2.05) is 0 Å². The third kappa shape index (κ3) is 10.3. The van der Waals surface area contributed by atoms with E-state index < -0.39 is 24.1 Å². The Labute approximate surface area is 242 Å². The summed E-state index contributed by atoms with van der Waals surface area (Å²) < 4.78 is 25.7. The quantitative estimate of drug-likeness (QED) is 0.108. The molecule has 0 heterocycles. The van der Waals surface area contributed by atoms with Gasteiger partial charge in [0.2, 0.25) is 5.91 Å². The van der Waals surface area contributed by atoms with E-state index in [-0.39, 0.29) is 30.4 Å². The van der Waals surface area contributed by atoms with Gasteiger partial charge in [0.25, 0.3) is 0 Å². The first-order chi connectivity index (χ1) is 20.3. The number of anilines is 1. The number of carbonyl (C=O) groups is 5. The van der Waals surface area contributed by atoms with Crippen LogP contribution in [0.5, 0.6) is 5.75 Å². The van der Waals surface area contributed by atoms with Gasteiger partial charge in [-0.15, -0.1) is 0 Å². The molecular formula is C31H29NO10. The Morgan fingerprint density at radius 1 is 0.690 bits per heavy atom. The van der Waals surface area contributed by atoms with E-state index in [1.54, 1.807) is 24.3 Å². The zero-order valence-electron chi connectivity index (χ0n) is 22.7. The highest BCUT2D eigenvalue weighted by Gasteiger charge is 2.17. The van der Waals surface area contributed by atoms with E-state index in [9.17, 15) is 24.0 Å². The van der Waals surface area contributed by atoms with Crippen LogP contribution >= 0.6 is 0 Å². The molecule has 2 aromatic rings. The number of carbonyl (C=O) groups excluding carboxylic acids is 5. The van der Waals surface area contributed by atoms with E-state index in [4.69, 9.17) is 23.7 Å². The number of ether oxygens (including phenoxy) is 5. The number of allylic oxidation sites excluding steroid dienone is 4. The predicted octanol–water partition coefficient (Wildman–Crippen LogP) is 5.41. The predicted molar refractivity (Wildman–Crippen MR) is 150 cm³/mol. The van der Waals surface area contributed by atoms with E-state index >= 15 is 0 Å². The molecule has 218 valence electrons. The van der Waals surface area contributed by atoms with Crippen molar-refractivity contribution >= 4 is 35.7 Å². The van der Waals surface area contributed by atoms with Crippen LogP contribution in [0, 0.1) is 0 Å². The van der Waals surface area contributed by atoms with Gasteiger partial charge in [-0.3, -0.25) is 4.79 Å². The van der Waals surface area contributed by atoms with Gasteiger partial charge in [0.05, 0.1) is 24.3 Å². The van der Waals surface area contributed by atoms with Crippen LogP contribution in [-0.2, 0) is 28.5 Å². The Morgan fingerprint density at radius 2 is 1.21 bits per heavy atom. The number of unbranched alkanes of at least 4 members (excludes halogenated alkanes) is 1. The van der Waals surface area contributed by atoms with Gasteiger partial charge >= 0.3 is 24.1 Å². The van der Waals surface area contributed by atoms with Crippen molar-refractivity contribution in [2.45, 2.75) is 25.7 Å². The molecule has 0 saturated carbocycles. The molecule has 2 aromatic carbocycles. The maximum Gasteiger partial charge on any atom is 0.513 e. The molecule has 0 spiro atoms. The van der Waals surface area contributed by atoms with Gasteiger partial charge in [-0.2, -0.15) is 0 Å². The average molecular weight is 576 g/mol. The molecule has 3 rings (SSSR count). The molecule has 1 aliphatic carbocycles. The summed E-state index contributed by atoms with van der Waals surface area (Å²) in [6.45, 7) is 6.95. The minimum absolute atomic E-state index is 0.0871. The molecule has 0 atom stereocenters. The topological polar surface area (TPSA) is 144 Å². The maximum absolute atomic E-state index is 12.5. The third-order valence-electron chi connectivity index (χ3n) is 5.55. The van der Waals surface area contributed by atoms with E-state index in [0.29, 0.717) is 48.5 Å². The Morgan fingerprint density at radius 3 is 1.71 bits per heavy atom. The van der Waals surface area contributed by atoms with Crippen LogP contribution in [0.4, 0.5) is 10.5 Å². The van der Waals surface area contributed by atoms with E-state index in [2.05, 4.69) is 18.5 Å². The molecule has 0 radical (unpaired) electrons. The van der Waals surface area contributed by atoms with Crippen molar-refractivity contribution in [2.24, 2.45) is 0 Å². The second kappa shape index (κ2) is 16.0. The Balaban J connectivity index is 1.41. The Hall–Kier alpha value is -5.45. The molecule has 11 heteroatoms. The molecule has 0 unspecified atom stereocenters. The van der Waals surface area contributed by atoms with Gasteiger partial charge in [-0.05, 0) is 79.6 Å². The van der Waals surface area contributed by atoms with Crippen LogP contribution in [-0.4, -0.2) is 43.2 Å². The molecule has 0 saturated heterocycles. The molecule has 1 N–H and O–H groups in total. The van der Waals surface area contributed by atoms with Crippen molar-refractivity contribution in [3.8, 4) is 5.75 Å². The fourth-order valence-corrected chi connectivity index (χ4v) is 3.38. The zero-order chi connectivity index (χ0) is 30.3. The zero-order valence-corrected chi connectivity index (χ0v) is 22.7. The summed E-state index contributed by atoms with van der Waals surface area (Å²) in [6, 6.07) is 12.0. The second-order valence-corrected chi connectivity index (χ2v) is 8.62. The van der Waals surface area contributed by atoms with Crippen molar-refractivity contribution in [2.75, 3.05) is 18.5 Å². The van der Waals surface area contributed by atoms with E-state index in [1.165, 1.54) is 36.4 Å². The summed E-state index contributed by atoms with van der Waals surface area (Å²) in [6.07, 6.45) is 6.08. The largest absolute Gasteiger partial charge is 0.513 e. The normalized spacial score (nSPS) is 12.0. The Kier molecular flexibility index (Phi) is 11.8. The van der Waals surface area contributed by atoms with Crippen molar-refractivity contribution in [3.05, 3.63) is 109 Å². The highest BCUT2D eigenvalue weighted by molar-refractivity contribution is 5.99. The summed E-state index contributed by atoms with van der Waals surface area (Å²) >= 11 is 0. The first kappa shape index (κ1) is 31.1.